The van der Waals surface area contributed by atoms with Gasteiger partial charge in [-0.2, -0.15) is 0 Å². The van der Waals surface area contributed by atoms with Gasteiger partial charge in [0.25, 0.3) is 0 Å². The molecule has 2 aliphatic heterocycles. The van der Waals surface area contributed by atoms with Crippen molar-refractivity contribution >= 4 is 22.6 Å². The fourth-order valence-electron chi connectivity index (χ4n) is 4.34. The number of nitrogens with one attached hydrogen (secondary N) is 2. The SMILES string of the molecule is CC1(C)N=C2N=C(C3=CCCCC3)N(CCc3c[nH]c4ccccc34)C=C2N1. The Kier molecular flexibility index (Phi) is 4.11. The average Bonchev–Trinajstić information content (AvgIpc) is 3.24. The molecule has 0 bridgehead atoms. The first-order valence-corrected chi connectivity index (χ1v) is 10.3. The van der Waals surface area contributed by atoms with E-state index in [0.717, 1.165) is 43.2 Å². The van der Waals surface area contributed by atoms with Crippen molar-refractivity contribution in [2.75, 3.05) is 6.54 Å². The van der Waals surface area contributed by atoms with Crippen LogP contribution in [0.3, 0.4) is 0 Å². The maximum absolute atomic E-state index is 4.99. The van der Waals surface area contributed by atoms with Crippen LogP contribution in [0.5, 0.6) is 0 Å². The molecule has 3 aliphatic rings. The minimum Gasteiger partial charge on any atom is -0.361 e. The summed E-state index contributed by atoms with van der Waals surface area (Å²) in [5.41, 5.74) is 4.66. The normalized spacial score (nSPS) is 20.9. The summed E-state index contributed by atoms with van der Waals surface area (Å²) >= 11 is 0. The molecule has 1 aromatic heterocycles. The zero-order valence-electron chi connectivity index (χ0n) is 16.6. The lowest BCUT2D eigenvalue weighted by molar-refractivity contribution is 0.473. The van der Waals surface area contributed by atoms with Gasteiger partial charge < -0.3 is 15.2 Å². The van der Waals surface area contributed by atoms with Crippen molar-refractivity contribution in [1.29, 1.82) is 0 Å². The first kappa shape index (κ1) is 17.3. The molecule has 0 atom stereocenters. The van der Waals surface area contributed by atoms with Gasteiger partial charge in [0.1, 0.15) is 11.5 Å². The van der Waals surface area contributed by atoms with E-state index in [1.807, 2.05) is 0 Å². The van der Waals surface area contributed by atoms with Crippen molar-refractivity contribution in [3.63, 3.8) is 0 Å². The highest BCUT2D eigenvalue weighted by molar-refractivity contribution is 6.14. The lowest BCUT2D eigenvalue weighted by Gasteiger charge is -2.29. The van der Waals surface area contributed by atoms with Gasteiger partial charge in [0.05, 0.1) is 5.70 Å². The van der Waals surface area contributed by atoms with Gasteiger partial charge in [-0.1, -0.05) is 24.3 Å². The number of hydrogen-bond acceptors (Lipinski definition) is 4. The second-order valence-corrected chi connectivity index (χ2v) is 8.38. The van der Waals surface area contributed by atoms with E-state index < -0.39 is 0 Å². The molecule has 0 amide bonds. The van der Waals surface area contributed by atoms with E-state index in [1.54, 1.807) is 0 Å². The van der Waals surface area contributed by atoms with E-state index in [-0.39, 0.29) is 5.66 Å². The van der Waals surface area contributed by atoms with Gasteiger partial charge in [-0.15, -0.1) is 0 Å². The third-order valence-electron chi connectivity index (χ3n) is 5.71. The lowest BCUT2D eigenvalue weighted by atomic mass is 9.97. The van der Waals surface area contributed by atoms with E-state index in [1.165, 1.54) is 34.9 Å². The Morgan fingerprint density at radius 3 is 2.93 bits per heavy atom. The fourth-order valence-corrected chi connectivity index (χ4v) is 4.34. The molecule has 28 heavy (non-hydrogen) atoms. The summed E-state index contributed by atoms with van der Waals surface area (Å²) in [5.74, 6) is 1.93. The van der Waals surface area contributed by atoms with Crippen molar-refractivity contribution in [1.82, 2.24) is 15.2 Å². The third-order valence-corrected chi connectivity index (χ3v) is 5.71. The van der Waals surface area contributed by atoms with Crippen LogP contribution in [0.1, 0.15) is 45.1 Å². The summed E-state index contributed by atoms with van der Waals surface area (Å²) in [5, 5.41) is 4.80. The molecule has 2 N–H and O–H groups in total. The van der Waals surface area contributed by atoms with Crippen molar-refractivity contribution in [3.8, 4) is 0 Å². The third kappa shape index (κ3) is 3.15. The molecule has 144 valence electrons. The number of benzene rings is 1. The number of para-hydroxylation sites is 1. The molecule has 5 nitrogen and oxygen atoms in total. The first-order chi connectivity index (χ1) is 13.6. The number of aliphatic imine (C=N–C) groups is 2. The average molecular weight is 374 g/mol. The summed E-state index contributed by atoms with van der Waals surface area (Å²) in [6.07, 6.45) is 12.5. The Hall–Kier alpha value is -2.82. The smallest absolute Gasteiger partial charge is 0.177 e. The van der Waals surface area contributed by atoms with Crippen LogP contribution >= 0.6 is 0 Å². The zero-order valence-corrected chi connectivity index (χ0v) is 16.6. The number of allylic oxidation sites excluding steroid dienone is 1. The number of fused-ring (bicyclic) bond motifs is 2. The Balaban J connectivity index is 1.44. The molecule has 0 radical (unpaired) electrons. The molecule has 5 rings (SSSR count). The number of aromatic amines is 1. The van der Waals surface area contributed by atoms with Crippen molar-refractivity contribution in [3.05, 3.63) is 59.6 Å². The predicted molar refractivity (Wildman–Crippen MR) is 115 cm³/mol. The number of hydrogen-bond donors (Lipinski definition) is 2. The number of amidine groups is 2. The number of H-pyrrole nitrogens is 1. The van der Waals surface area contributed by atoms with E-state index >= 15 is 0 Å². The molecular formula is C23H27N5. The van der Waals surface area contributed by atoms with Crippen LogP contribution in [-0.2, 0) is 6.42 Å². The van der Waals surface area contributed by atoms with Gasteiger partial charge in [0.15, 0.2) is 5.84 Å². The topological polar surface area (TPSA) is 55.8 Å². The molecular weight excluding hydrogens is 346 g/mol. The molecule has 0 saturated carbocycles. The van der Waals surface area contributed by atoms with Crippen LogP contribution in [0, 0.1) is 0 Å². The van der Waals surface area contributed by atoms with E-state index in [9.17, 15) is 0 Å². The molecule has 3 heterocycles. The molecule has 1 aliphatic carbocycles. The summed E-state index contributed by atoms with van der Waals surface area (Å²) in [7, 11) is 0. The minimum absolute atomic E-state index is 0.288. The number of aromatic nitrogens is 1. The quantitative estimate of drug-likeness (QED) is 0.829. The molecule has 5 heteroatoms. The minimum atomic E-state index is -0.288. The molecule has 0 fully saturated rings. The Labute approximate surface area is 166 Å². The van der Waals surface area contributed by atoms with Crippen LogP contribution in [0.15, 0.2) is 64.0 Å². The fraction of sp³-hybridized carbons (Fsp3) is 0.391. The predicted octanol–water partition coefficient (Wildman–Crippen LogP) is 4.50. The maximum Gasteiger partial charge on any atom is 0.177 e. The van der Waals surface area contributed by atoms with Crippen LogP contribution in [0.4, 0.5) is 0 Å². The highest BCUT2D eigenvalue weighted by Gasteiger charge is 2.32. The molecule has 0 spiro atoms. The van der Waals surface area contributed by atoms with Gasteiger partial charge in [0, 0.05) is 29.8 Å². The van der Waals surface area contributed by atoms with Gasteiger partial charge in [-0.25, -0.2) is 9.98 Å². The number of rotatable bonds is 4. The standard InChI is InChI=1S/C23H27N5/c1-23(2)26-20-15-28(13-12-17-14-24-19-11-7-6-10-18(17)19)22(25-21(20)27-23)16-8-4-3-5-9-16/h6-8,10-11,14-15,24,26H,3-5,9,12-13H2,1-2H3. The first-order valence-electron chi connectivity index (χ1n) is 10.3. The van der Waals surface area contributed by atoms with Crippen molar-refractivity contribution in [2.24, 2.45) is 9.98 Å². The lowest BCUT2D eigenvalue weighted by Crippen LogP contribution is -2.37. The highest BCUT2D eigenvalue weighted by Crippen LogP contribution is 2.28. The van der Waals surface area contributed by atoms with Crippen LogP contribution in [0.2, 0.25) is 0 Å². The van der Waals surface area contributed by atoms with Gasteiger partial charge >= 0.3 is 0 Å². The van der Waals surface area contributed by atoms with Gasteiger partial charge in [0.2, 0.25) is 0 Å². The molecule has 1 aromatic carbocycles. The van der Waals surface area contributed by atoms with E-state index in [2.05, 4.69) is 71.8 Å². The monoisotopic (exact) mass is 373 g/mol. The Morgan fingerprint density at radius 1 is 1.18 bits per heavy atom. The Morgan fingerprint density at radius 2 is 2.07 bits per heavy atom. The molecule has 0 unspecified atom stereocenters. The second kappa shape index (κ2) is 6.66. The van der Waals surface area contributed by atoms with Gasteiger partial charge in [-0.05, 0) is 63.2 Å². The van der Waals surface area contributed by atoms with Crippen LogP contribution in [-0.4, -0.2) is 33.8 Å². The number of nitrogens with zero attached hydrogens (tertiary/aromatic N) is 3. The van der Waals surface area contributed by atoms with Crippen molar-refractivity contribution < 1.29 is 0 Å². The zero-order chi connectivity index (χ0) is 19.1. The summed E-state index contributed by atoms with van der Waals surface area (Å²) in [6, 6.07) is 8.51. The molecule has 0 saturated heterocycles. The maximum atomic E-state index is 4.99. The second-order valence-electron chi connectivity index (χ2n) is 8.38. The molecule has 2 aromatic rings. The van der Waals surface area contributed by atoms with Crippen molar-refractivity contribution in [2.45, 2.75) is 51.6 Å². The largest absolute Gasteiger partial charge is 0.361 e. The van der Waals surface area contributed by atoms with E-state index in [0.29, 0.717) is 0 Å². The van der Waals surface area contributed by atoms with E-state index in [4.69, 9.17) is 9.98 Å². The Bertz CT molecular complexity index is 1030. The summed E-state index contributed by atoms with van der Waals surface area (Å²) in [4.78, 5) is 15.5. The van der Waals surface area contributed by atoms with Crippen LogP contribution < -0.4 is 5.32 Å². The summed E-state index contributed by atoms with van der Waals surface area (Å²) < 4.78 is 0. The summed E-state index contributed by atoms with van der Waals surface area (Å²) in [6.45, 7) is 5.08. The van der Waals surface area contributed by atoms with Gasteiger partial charge in [-0.3, -0.25) is 0 Å². The van der Waals surface area contributed by atoms with Crippen LogP contribution in [0.25, 0.3) is 10.9 Å². The highest BCUT2D eigenvalue weighted by atomic mass is 15.3.